The van der Waals surface area contributed by atoms with Crippen LogP contribution in [-0.4, -0.2) is 46.1 Å². The third-order valence-electron chi connectivity index (χ3n) is 5.82. The van der Waals surface area contributed by atoms with Crippen molar-refractivity contribution in [3.63, 3.8) is 0 Å². The second kappa shape index (κ2) is 11.1. The van der Waals surface area contributed by atoms with Gasteiger partial charge in [0.1, 0.15) is 22.1 Å². The lowest BCUT2D eigenvalue weighted by Gasteiger charge is -2.23. The van der Waals surface area contributed by atoms with Gasteiger partial charge in [0, 0.05) is 5.56 Å². The number of aryl methyl sites for hydroxylation is 1. The summed E-state index contributed by atoms with van der Waals surface area (Å²) in [6.07, 6.45) is 0. The first-order valence-corrected chi connectivity index (χ1v) is 12.9. The molecule has 1 saturated heterocycles. The Morgan fingerprint density at radius 2 is 1.76 bits per heavy atom. The number of thiazole rings is 1. The highest BCUT2D eigenvalue weighted by Crippen LogP contribution is 2.44. The van der Waals surface area contributed by atoms with Gasteiger partial charge >= 0.3 is 11.9 Å². The number of aliphatic hydroxyl groups excluding tert-OH is 1. The number of aromatic nitrogens is 1. The van der Waals surface area contributed by atoms with Crippen LogP contribution in [0.5, 0.6) is 11.5 Å². The highest BCUT2D eigenvalue weighted by Gasteiger charge is 2.48. The Labute approximate surface area is 224 Å². The van der Waals surface area contributed by atoms with Crippen molar-refractivity contribution >= 4 is 39.9 Å². The first-order valence-electron chi connectivity index (χ1n) is 12.1. The first kappa shape index (κ1) is 26.9. The van der Waals surface area contributed by atoms with E-state index < -0.39 is 23.7 Å². The van der Waals surface area contributed by atoms with E-state index in [4.69, 9.17) is 9.47 Å². The average molecular weight is 537 g/mol. The molecule has 2 aromatic carbocycles. The average Bonchev–Trinajstić information content (AvgIpc) is 3.40. The van der Waals surface area contributed by atoms with Gasteiger partial charge in [-0.15, -0.1) is 0 Å². The Morgan fingerprint density at radius 3 is 2.37 bits per heavy atom. The summed E-state index contributed by atoms with van der Waals surface area (Å²) in [7, 11) is 0. The monoisotopic (exact) mass is 536 g/mol. The number of aliphatic hydroxyl groups is 1. The maximum atomic E-state index is 13.3. The second-order valence-electron chi connectivity index (χ2n) is 9.12. The molecular weight excluding hydrogens is 508 g/mol. The summed E-state index contributed by atoms with van der Waals surface area (Å²) in [5.74, 6) is -1.79. The van der Waals surface area contributed by atoms with E-state index in [9.17, 15) is 24.6 Å². The van der Waals surface area contributed by atoms with Gasteiger partial charge in [-0.3, -0.25) is 14.5 Å². The molecule has 2 heterocycles. The molecule has 1 fully saturated rings. The maximum absolute atomic E-state index is 13.3. The number of Topliss-reactive ketones (excluding diaryl/α,β-unsaturated/α-hetero) is 1. The van der Waals surface area contributed by atoms with E-state index in [0.29, 0.717) is 35.1 Å². The molecule has 3 aromatic rings. The number of phenols is 1. The van der Waals surface area contributed by atoms with Crippen LogP contribution in [0.3, 0.4) is 0 Å². The van der Waals surface area contributed by atoms with E-state index in [0.717, 1.165) is 11.3 Å². The molecule has 9 nitrogen and oxygen atoms in total. The zero-order valence-corrected chi connectivity index (χ0v) is 22.2. The molecule has 1 atom stereocenters. The molecule has 38 heavy (non-hydrogen) atoms. The van der Waals surface area contributed by atoms with E-state index in [-0.39, 0.29) is 33.7 Å². The summed E-state index contributed by atoms with van der Waals surface area (Å²) >= 11 is 0.928. The van der Waals surface area contributed by atoms with Crippen LogP contribution in [-0.2, 0) is 14.3 Å². The lowest BCUT2D eigenvalue weighted by atomic mass is 9.95. The van der Waals surface area contributed by atoms with Crippen LogP contribution in [0.1, 0.15) is 53.3 Å². The molecular formula is C28H28N2O7S. The van der Waals surface area contributed by atoms with Gasteiger partial charge in [0.15, 0.2) is 5.13 Å². The number of anilines is 1. The summed E-state index contributed by atoms with van der Waals surface area (Å²) in [5.41, 5.74) is 1.01. The topological polar surface area (TPSA) is 126 Å². The number of hydrogen-bond acceptors (Lipinski definition) is 9. The van der Waals surface area contributed by atoms with Crippen molar-refractivity contribution in [2.24, 2.45) is 5.92 Å². The predicted molar refractivity (Wildman–Crippen MR) is 142 cm³/mol. The number of carbonyl (C=O) groups is 3. The molecule has 10 heteroatoms. The van der Waals surface area contributed by atoms with Gasteiger partial charge in [0.25, 0.3) is 5.78 Å². The van der Waals surface area contributed by atoms with Gasteiger partial charge in [-0.05, 0) is 61.7 Å². The normalized spacial score (nSPS) is 16.8. The fourth-order valence-corrected chi connectivity index (χ4v) is 4.99. The number of ether oxygens (including phenoxy) is 2. The summed E-state index contributed by atoms with van der Waals surface area (Å²) < 4.78 is 10.8. The minimum absolute atomic E-state index is 0.00243. The van der Waals surface area contributed by atoms with Gasteiger partial charge in [0.2, 0.25) is 0 Å². The second-order valence-corrected chi connectivity index (χ2v) is 10.1. The van der Waals surface area contributed by atoms with Crippen LogP contribution in [0.2, 0.25) is 0 Å². The number of hydrogen-bond donors (Lipinski definition) is 2. The Kier molecular flexibility index (Phi) is 7.82. The van der Waals surface area contributed by atoms with Crippen LogP contribution in [0, 0.1) is 12.8 Å². The Morgan fingerprint density at radius 1 is 1.11 bits per heavy atom. The van der Waals surface area contributed by atoms with Crippen molar-refractivity contribution in [2.75, 3.05) is 18.1 Å². The smallest absolute Gasteiger partial charge is 0.350 e. The fraction of sp³-hybridized carbons (Fsp3) is 0.286. The van der Waals surface area contributed by atoms with Crippen LogP contribution in [0.25, 0.3) is 5.76 Å². The van der Waals surface area contributed by atoms with Crippen molar-refractivity contribution in [3.8, 4) is 11.5 Å². The highest BCUT2D eigenvalue weighted by atomic mass is 32.1. The first-order chi connectivity index (χ1) is 18.1. The Balaban J connectivity index is 1.81. The number of ketones is 1. The Bertz CT molecular complexity index is 1390. The fourth-order valence-electron chi connectivity index (χ4n) is 4.00. The third-order valence-corrected chi connectivity index (χ3v) is 6.95. The summed E-state index contributed by atoms with van der Waals surface area (Å²) in [5, 5.41) is 21.2. The zero-order chi connectivity index (χ0) is 27.6. The summed E-state index contributed by atoms with van der Waals surface area (Å²) in [6, 6.07) is 11.5. The molecule has 2 N–H and O–H groups in total. The Hall–Kier alpha value is -4.18. The SMILES string of the molecule is CCOC(=O)c1sc(N2C(=O)C(=O)/C(=C(/O)c3ccc(OCC(C)C)cc3)C2c2ccc(O)cc2)nc1C. The quantitative estimate of drug-likeness (QED) is 0.178. The standard InChI is InChI=1S/C28H28N2O7S/c1-5-36-27(35)25-16(4)29-28(38-25)30-22(17-6-10-19(31)11-7-17)21(24(33)26(30)34)23(32)18-8-12-20(13-9-18)37-14-15(2)3/h6-13,15,22,31-32H,5,14H2,1-4H3/b23-21+. The molecule has 1 unspecified atom stereocenters. The predicted octanol–water partition coefficient (Wildman–Crippen LogP) is 4.99. The number of phenolic OH excluding ortho intramolecular Hbond substituents is 1. The van der Waals surface area contributed by atoms with Crippen molar-refractivity contribution in [1.82, 2.24) is 4.98 Å². The molecule has 0 saturated carbocycles. The van der Waals surface area contributed by atoms with Crippen molar-refractivity contribution in [1.29, 1.82) is 0 Å². The van der Waals surface area contributed by atoms with Crippen LogP contribution < -0.4 is 9.64 Å². The van der Waals surface area contributed by atoms with Crippen LogP contribution in [0.15, 0.2) is 54.1 Å². The molecule has 1 aliphatic heterocycles. The lowest BCUT2D eigenvalue weighted by Crippen LogP contribution is -2.29. The number of aromatic hydroxyl groups is 1. The van der Waals surface area contributed by atoms with Crippen LogP contribution in [0.4, 0.5) is 5.13 Å². The van der Waals surface area contributed by atoms with E-state index in [1.54, 1.807) is 50.2 Å². The third kappa shape index (κ3) is 5.26. The molecule has 1 amide bonds. The molecule has 0 bridgehead atoms. The minimum Gasteiger partial charge on any atom is -0.508 e. The number of nitrogens with zero attached hydrogens (tertiary/aromatic N) is 2. The minimum atomic E-state index is -1.05. The number of esters is 1. The van der Waals surface area contributed by atoms with Gasteiger partial charge in [-0.2, -0.15) is 0 Å². The van der Waals surface area contributed by atoms with E-state index in [1.807, 2.05) is 13.8 Å². The largest absolute Gasteiger partial charge is 0.508 e. The zero-order valence-electron chi connectivity index (χ0n) is 21.4. The van der Waals surface area contributed by atoms with E-state index in [1.165, 1.54) is 17.0 Å². The molecule has 4 rings (SSSR count). The molecule has 1 aromatic heterocycles. The number of carbonyl (C=O) groups excluding carboxylic acids is 3. The summed E-state index contributed by atoms with van der Waals surface area (Å²) in [6.45, 7) is 8.05. The molecule has 198 valence electrons. The number of amides is 1. The van der Waals surface area contributed by atoms with Gasteiger partial charge in [-0.1, -0.05) is 37.3 Å². The van der Waals surface area contributed by atoms with Gasteiger partial charge < -0.3 is 19.7 Å². The molecule has 0 spiro atoms. The number of benzene rings is 2. The highest BCUT2D eigenvalue weighted by molar-refractivity contribution is 7.17. The lowest BCUT2D eigenvalue weighted by molar-refractivity contribution is -0.132. The van der Waals surface area contributed by atoms with Crippen molar-refractivity contribution < 1.29 is 34.1 Å². The summed E-state index contributed by atoms with van der Waals surface area (Å²) in [4.78, 5) is 44.8. The molecule has 0 radical (unpaired) electrons. The number of rotatable bonds is 8. The molecule has 1 aliphatic rings. The maximum Gasteiger partial charge on any atom is 0.350 e. The van der Waals surface area contributed by atoms with Crippen molar-refractivity contribution in [3.05, 3.63) is 75.8 Å². The van der Waals surface area contributed by atoms with Crippen molar-refractivity contribution in [2.45, 2.75) is 33.7 Å². The van der Waals surface area contributed by atoms with Gasteiger partial charge in [-0.25, -0.2) is 9.78 Å². The van der Waals surface area contributed by atoms with E-state index in [2.05, 4.69) is 4.98 Å². The van der Waals surface area contributed by atoms with Gasteiger partial charge in [0.05, 0.1) is 30.5 Å². The molecule has 0 aliphatic carbocycles. The van der Waals surface area contributed by atoms with Crippen LogP contribution >= 0.6 is 11.3 Å². The van der Waals surface area contributed by atoms with E-state index >= 15 is 0 Å².